The fourth-order valence-electron chi connectivity index (χ4n) is 3.91. The van der Waals surface area contributed by atoms with Crippen LogP contribution in [0, 0.1) is 23.0 Å². The van der Waals surface area contributed by atoms with Crippen molar-refractivity contribution >= 4 is 11.4 Å². The number of hydrogen-bond donors (Lipinski definition) is 1. The Morgan fingerprint density at radius 1 is 1.17 bits per heavy atom. The molecule has 4 rings (SSSR count). The second-order valence-corrected chi connectivity index (χ2v) is 6.36. The van der Waals surface area contributed by atoms with Gasteiger partial charge in [-0.05, 0) is 36.0 Å². The van der Waals surface area contributed by atoms with Crippen molar-refractivity contribution in [2.24, 2.45) is 5.92 Å². The van der Waals surface area contributed by atoms with E-state index in [1.54, 1.807) is 12.1 Å². The van der Waals surface area contributed by atoms with Crippen LogP contribution in [0.3, 0.4) is 0 Å². The topological polar surface area (TPSA) is 55.2 Å². The number of nitro benzene ring substituents is 1. The molecule has 0 fully saturated rings. The van der Waals surface area contributed by atoms with Crippen molar-refractivity contribution in [1.29, 1.82) is 0 Å². The third kappa shape index (κ3) is 2.22. The first-order valence-corrected chi connectivity index (χ1v) is 7.92. The van der Waals surface area contributed by atoms with Gasteiger partial charge in [0.15, 0.2) is 0 Å². The van der Waals surface area contributed by atoms with Crippen molar-refractivity contribution in [2.75, 3.05) is 5.32 Å². The molecule has 4 heteroatoms. The number of rotatable bonds is 2. The Morgan fingerprint density at radius 2 is 1.96 bits per heavy atom. The van der Waals surface area contributed by atoms with Crippen LogP contribution in [-0.2, 0) is 0 Å². The summed E-state index contributed by atoms with van der Waals surface area (Å²) in [7, 11) is 0. The van der Waals surface area contributed by atoms with Crippen molar-refractivity contribution in [1.82, 2.24) is 0 Å². The highest BCUT2D eigenvalue weighted by Gasteiger charge is 2.38. The maximum Gasteiger partial charge on any atom is 0.269 e. The zero-order valence-corrected chi connectivity index (χ0v) is 12.9. The van der Waals surface area contributed by atoms with Gasteiger partial charge in [0.25, 0.3) is 5.69 Å². The molecule has 0 radical (unpaired) electrons. The van der Waals surface area contributed by atoms with Crippen LogP contribution >= 0.6 is 0 Å². The number of para-hydroxylation sites is 1. The molecule has 0 spiro atoms. The Balaban J connectivity index is 1.75. The quantitative estimate of drug-likeness (QED) is 0.496. The van der Waals surface area contributed by atoms with E-state index in [2.05, 4.69) is 42.6 Å². The molecule has 0 saturated heterocycles. The van der Waals surface area contributed by atoms with Gasteiger partial charge < -0.3 is 5.32 Å². The van der Waals surface area contributed by atoms with Crippen molar-refractivity contribution in [2.45, 2.75) is 25.3 Å². The van der Waals surface area contributed by atoms with Crippen molar-refractivity contribution < 1.29 is 4.92 Å². The van der Waals surface area contributed by atoms with E-state index in [4.69, 9.17) is 0 Å². The van der Waals surface area contributed by atoms with Gasteiger partial charge in [0.2, 0.25) is 0 Å². The number of aryl methyl sites for hydroxylation is 1. The second-order valence-electron chi connectivity index (χ2n) is 6.36. The predicted molar refractivity (Wildman–Crippen MR) is 90.6 cm³/mol. The molecule has 3 atom stereocenters. The number of non-ortho nitro benzene ring substituents is 1. The van der Waals surface area contributed by atoms with Gasteiger partial charge in [-0.1, -0.05) is 42.5 Å². The molecule has 1 N–H and O–H groups in total. The highest BCUT2D eigenvalue weighted by atomic mass is 16.6. The summed E-state index contributed by atoms with van der Waals surface area (Å²) < 4.78 is 0. The van der Waals surface area contributed by atoms with Crippen molar-refractivity contribution in [3.8, 4) is 0 Å². The highest BCUT2D eigenvalue weighted by molar-refractivity contribution is 5.64. The molecule has 0 unspecified atom stereocenters. The molecule has 2 aromatic rings. The second kappa shape index (κ2) is 5.23. The first-order valence-electron chi connectivity index (χ1n) is 7.92. The third-order valence-electron chi connectivity index (χ3n) is 5.07. The van der Waals surface area contributed by atoms with Gasteiger partial charge in [0, 0.05) is 23.7 Å². The summed E-state index contributed by atoms with van der Waals surface area (Å²) >= 11 is 0. The van der Waals surface area contributed by atoms with Crippen LogP contribution in [0.4, 0.5) is 11.4 Å². The minimum atomic E-state index is -0.350. The maximum absolute atomic E-state index is 10.9. The molecule has 2 aliphatic rings. The molecule has 0 saturated carbocycles. The average Bonchev–Trinajstić information content (AvgIpc) is 3.04. The van der Waals surface area contributed by atoms with E-state index in [-0.39, 0.29) is 16.7 Å². The van der Waals surface area contributed by atoms with Gasteiger partial charge in [0.05, 0.1) is 11.0 Å². The molecule has 1 heterocycles. The highest BCUT2D eigenvalue weighted by Crippen LogP contribution is 2.50. The number of nitrogens with one attached hydrogen (secondary N) is 1. The summed E-state index contributed by atoms with van der Waals surface area (Å²) in [5.74, 6) is 0.886. The Labute approximate surface area is 135 Å². The molecule has 0 amide bonds. The molecule has 0 aromatic heterocycles. The van der Waals surface area contributed by atoms with E-state index in [1.807, 2.05) is 12.1 Å². The predicted octanol–water partition coefficient (Wildman–Crippen LogP) is 4.73. The first-order chi connectivity index (χ1) is 11.1. The monoisotopic (exact) mass is 306 g/mol. The fraction of sp³-hybridized carbons (Fsp3) is 0.263. The summed E-state index contributed by atoms with van der Waals surface area (Å²) in [6.07, 6.45) is 5.60. The van der Waals surface area contributed by atoms with Crippen LogP contribution in [0.5, 0.6) is 0 Å². The fourth-order valence-corrected chi connectivity index (χ4v) is 3.91. The molecular formula is C19H18N2O2. The molecule has 116 valence electrons. The zero-order valence-electron chi connectivity index (χ0n) is 12.9. The molecule has 0 bridgehead atoms. The van der Waals surface area contributed by atoms with Crippen LogP contribution in [0.25, 0.3) is 0 Å². The van der Waals surface area contributed by atoms with E-state index in [0.29, 0.717) is 11.8 Å². The minimum absolute atomic E-state index is 0.141. The Kier molecular flexibility index (Phi) is 3.18. The molecule has 4 nitrogen and oxygen atoms in total. The van der Waals surface area contributed by atoms with Gasteiger partial charge in [-0.25, -0.2) is 0 Å². The molecular weight excluding hydrogens is 288 g/mol. The Hall–Kier alpha value is -2.62. The average molecular weight is 306 g/mol. The number of nitrogens with zero attached hydrogens (tertiary/aromatic N) is 1. The van der Waals surface area contributed by atoms with Crippen LogP contribution in [0.2, 0.25) is 0 Å². The summed E-state index contributed by atoms with van der Waals surface area (Å²) in [5.41, 5.74) is 5.07. The molecule has 1 aliphatic carbocycles. The van der Waals surface area contributed by atoms with E-state index in [9.17, 15) is 10.1 Å². The van der Waals surface area contributed by atoms with Crippen molar-refractivity contribution in [3.05, 3.63) is 81.4 Å². The maximum atomic E-state index is 10.9. The largest absolute Gasteiger partial charge is 0.377 e. The van der Waals surface area contributed by atoms with Crippen LogP contribution in [0.1, 0.15) is 35.1 Å². The number of allylic oxidation sites excluding steroid dienone is 2. The van der Waals surface area contributed by atoms with Gasteiger partial charge in [-0.2, -0.15) is 0 Å². The normalized spacial score (nSPS) is 24.7. The summed E-state index contributed by atoms with van der Waals surface area (Å²) in [5, 5.41) is 14.6. The number of benzene rings is 2. The van der Waals surface area contributed by atoms with Gasteiger partial charge in [-0.15, -0.1) is 0 Å². The van der Waals surface area contributed by atoms with E-state index >= 15 is 0 Å². The lowest BCUT2D eigenvalue weighted by molar-refractivity contribution is -0.384. The van der Waals surface area contributed by atoms with E-state index < -0.39 is 0 Å². The van der Waals surface area contributed by atoms with Crippen LogP contribution in [0.15, 0.2) is 54.6 Å². The lowest BCUT2D eigenvalue weighted by Gasteiger charge is -2.38. The lowest BCUT2D eigenvalue weighted by Crippen LogP contribution is -2.29. The first kappa shape index (κ1) is 14.0. The van der Waals surface area contributed by atoms with E-state index in [0.717, 1.165) is 12.0 Å². The summed E-state index contributed by atoms with van der Waals surface area (Å²) in [4.78, 5) is 10.5. The van der Waals surface area contributed by atoms with Crippen LogP contribution < -0.4 is 5.32 Å². The van der Waals surface area contributed by atoms with E-state index in [1.165, 1.54) is 16.8 Å². The molecule has 23 heavy (non-hydrogen) atoms. The Bertz CT molecular complexity index is 796. The van der Waals surface area contributed by atoms with Crippen molar-refractivity contribution in [3.63, 3.8) is 0 Å². The Morgan fingerprint density at radius 3 is 2.70 bits per heavy atom. The SMILES string of the molecule is Cc1cccc2c1N[C@H](c1ccc([N+](=O)[O-])cc1)[C@H]1CC=C[C@@H]21. The zero-order chi connectivity index (χ0) is 16.0. The minimum Gasteiger partial charge on any atom is -0.377 e. The lowest BCUT2D eigenvalue weighted by atomic mass is 9.76. The number of nitro groups is 1. The van der Waals surface area contributed by atoms with Gasteiger partial charge >= 0.3 is 0 Å². The summed E-state index contributed by atoms with van der Waals surface area (Å²) in [6, 6.07) is 13.6. The van der Waals surface area contributed by atoms with Gasteiger partial charge in [-0.3, -0.25) is 10.1 Å². The molecule has 1 aliphatic heterocycles. The number of fused-ring (bicyclic) bond motifs is 3. The summed E-state index contributed by atoms with van der Waals surface area (Å²) in [6.45, 7) is 2.12. The smallest absolute Gasteiger partial charge is 0.269 e. The number of hydrogen-bond acceptors (Lipinski definition) is 3. The third-order valence-corrected chi connectivity index (χ3v) is 5.07. The van der Waals surface area contributed by atoms with Crippen LogP contribution in [-0.4, -0.2) is 4.92 Å². The molecule has 2 aromatic carbocycles. The number of anilines is 1. The van der Waals surface area contributed by atoms with Gasteiger partial charge in [0.1, 0.15) is 0 Å². The standard InChI is InChI=1S/C19H18N2O2/c1-12-4-2-6-16-15-5-3-7-17(15)19(20-18(12)16)13-8-10-14(11-9-13)21(22)23/h2-6,8-11,15,17,19-20H,7H2,1H3/t15-,17-,19+/m0/s1.